The summed E-state index contributed by atoms with van der Waals surface area (Å²) in [5.41, 5.74) is 8.58. The Morgan fingerprint density at radius 1 is 1.06 bits per heavy atom. The van der Waals surface area contributed by atoms with E-state index >= 15 is 0 Å². The molecule has 3 heterocycles. The number of piperidine rings is 1. The molecule has 2 aliphatic rings. The maximum atomic E-state index is 12.7. The lowest BCUT2D eigenvalue weighted by Crippen LogP contribution is -2.38. The van der Waals surface area contributed by atoms with Crippen LogP contribution in [0.15, 0.2) is 30.3 Å². The van der Waals surface area contributed by atoms with Crippen molar-refractivity contribution in [3.05, 3.63) is 52.8 Å². The number of amides is 1. The number of carbonyl (C=O) groups is 1. The van der Waals surface area contributed by atoms with E-state index in [4.69, 9.17) is 0 Å². The maximum Gasteiger partial charge on any atom is 0.222 e. The lowest BCUT2D eigenvalue weighted by molar-refractivity contribution is -0.132. The van der Waals surface area contributed by atoms with Crippen LogP contribution in [-0.4, -0.2) is 33.9 Å². The number of H-pyrrole nitrogens is 1. The van der Waals surface area contributed by atoms with E-state index in [2.05, 4.69) is 72.9 Å². The zero-order valence-electron chi connectivity index (χ0n) is 21.3. The summed E-state index contributed by atoms with van der Waals surface area (Å²) in [7, 11) is 0. The van der Waals surface area contributed by atoms with Gasteiger partial charge in [0.15, 0.2) is 0 Å². The Bertz CT molecular complexity index is 1160. The minimum absolute atomic E-state index is 0.376. The van der Waals surface area contributed by atoms with Crippen LogP contribution in [-0.2, 0) is 4.79 Å². The Balaban J connectivity index is 1.35. The van der Waals surface area contributed by atoms with Gasteiger partial charge in [0, 0.05) is 47.4 Å². The van der Waals surface area contributed by atoms with Crippen molar-refractivity contribution in [1.82, 2.24) is 14.9 Å². The summed E-state index contributed by atoms with van der Waals surface area (Å²) in [4.78, 5) is 23.1. The van der Waals surface area contributed by atoms with Crippen LogP contribution in [0.1, 0.15) is 93.1 Å². The molecule has 2 aromatic heterocycles. The van der Waals surface area contributed by atoms with Gasteiger partial charge in [-0.05, 0) is 86.3 Å². The first kappa shape index (κ1) is 23.1. The van der Waals surface area contributed by atoms with Gasteiger partial charge in [0.25, 0.3) is 0 Å². The number of aromatic nitrogens is 2. The lowest BCUT2D eigenvalue weighted by Gasteiger charge is -2.33. The van der Waals surface area contributed by atoms with Crippen LogP contribution < -0.4 is 0 Å². The van der Waals surface area contributed by atoms with Gasteiger partial charge in [-0.15, -0.1) is 0 Å². The average Bonchev–Trinajstić information content (AvgIpc) is 3.16. The molecule has 1 N–H and O–H groups in total. The Morgan fingerprint density at radius 3 is 2.38 bits per heavy atom. The molecule has 4 nitrogen and oxygen atoms in total. The molecular weight excluding hydrogens is 418 g/mol. The van der Waals surface area contributed by atoms with Crippen molar-refractivity contribution in [2.24, 2.45) is 5.92 Å². The Kier molecular flexibility index (Phi) is 6.50. The number of pyridine rings is 1. The Labute approximate surface area is 204 Å². The van der Waals surface area contributed by atoms with Crippen molar-refractivity contribution in [1.29, 1.82) is 0 Å². The Hall–Kier alpha value is -2.62. The predicted octanol–water partition coefficient (Wildman–Crippen LogP) is 7.26. The van der Waals surface area contributed by atoms with E-state index in [0.29, 0.717) is 17.7 Å². The zero-order valence-corrected chi connectivity index (χ0v) is 21.3. The number of aromatic amines is 1. The van der Waals surface area contributed by atoms with Crippen LogP contribution in [0, 0.1) is 19.8 Å². The van der Waals surface area contributed by atoms with Gasteiger partial charge in [0.1, 0.15) is 0 Å². The van der Waals surface area contributed by atoms with Gasteiger partial charge in [-0.2, -0.15) is 0 Å². The fourth-order valence-electron chi connectivity index (χ4n) is 6.02. The third-order valence-corrected chi connectivity index (χ3v) is 8.12. The zero-order chi connectivity index (χ0) is 23.8. The highest BCUT2D eigenvalue weighted by Crippen LogP contribution is 2.39. The lowest BCUT2D eigenvalue weighted by atomic mass is 9.82. The largest absolute Gasteiger partial charge is 0.354 e. The number of fused-ring (bicyclic) bond motifs is 1. The first-order valence-electron chi connectivity index (χ1n) is 13.3. The molecule has 1 amide bonds. The van der Waals surface area contributed by atoms with Crippen LogP contribution in [0.5, 0.6) is 0 Å². The number of hydrogen-bond donors (Lipinski definition) is 1. The molecule has 1 saturated carbocycles. The normalized spacial score (nSPS) is 17.5. The van der Waals surface area contributed by atoms with E-state index in [0.717, 1.165) is 56.1 Å². The van der Waals surface area contributed by atoms with Gasteiger partial charge in [0.05, 0.1) is 5.69 Å². The molecule has 5 rings (SSSR count). The molecule has 34 heavy (non-hydrogen) atoms. The minimum atomic E-state index is 0.376. The molecule has 0 unspecified atom stereocenters. The topological polar surface area (TPSA) is 49.0 Å². The Morgan fingerprint density at radius 2 is 1.76 bits per heavy atom. The molecular formula is C30H39N3O. The molecule has 0 spiro atoms. The fourth-order valence-corrected chi connectivity index (χ4v) is 6.02. The van der Waals surface area contributed by atoms with Crippen LogP contribution in [0.2, 0.25) is 0 Å². The van der Waals surface area contributed by atoms with E-state index < -0.39 is 0 Å². The van der Waals surface area contributed by atoms with Crippen molar-refractivity contribution in [3.8, 4) is 11.3 Å². The molecule has 180 valence electrons. The molecule has 3 aromatic rings. The second kappa shape index (κ2) is 9.56. The monoisotopic (exact) mass is 457 g/mol. The van der Waals surface area contributed by atoms with Crippen molar-refractivity contribution in [2.45, 2.75) is 84.5 Å². The predicted molar refractivity (Wildman–Crippen MR) is 140 cm³/mol. The summed E-state index contributed by atoms with van der Waals surface area (Å²) in [5.74, 6) is 2.14. The smallest absolute Gasteiger partial charge is 0.222 e. The highest BCUT2D eigenvalue weighted by molar-refractivity contribution is 5.92. The third kappa shape index (κ3) is 4.64. The van der Waals surface area contributed by atoms with Crippen molar-refractivity contribution >= 4 is 16.8 Å². The van der Waals surface area contributed by atoms with Crippen LogP contribution in [0.3, 0.4) is 0 Å². The standard InChI is InChI=1S/C30H39N3O/c1-19(2)29-26-18-24(9-10-27(26)32-30(29)25-16-20(3)31-21(4)17-25)23-12-14-33(15-13-23)28(34)11-8-22-6-5-7-22/h9-10,16-19,22-23,32H,5-8,11-15H2,1-4H3. The van der Waals surface area contributed by atoms with Gasteiger partial charge >= 0.3 is 0 Å². The van der Waals surface area contributed by atoms with E-state index in [-0.39, 0.29) is 0 Å². The third-order valence-electron chi connectivity index (χ3n) is 8.12. The molecule has 1 aromatic carbocycles. The number of nitrogens with one attached hydrogen (secondary N) is 1. The molecule has 0 radical (unpaired) electrons. The first-order valence-corrected chi connectivity index (χ1v) is 13.3. The van der Waals surface area contributed by atoms with Crippen LogP contribution in [0.25, 0.3) is 22.2 Å². The summed E-state index contributed by atoms with van der Waals surface area (Å²) in [6.07, 6.45) is 8.00. The highest BCUT2D eigenvalue weighted by atomic mass is 16.2. The molecule has 0 atom stereocenters. The summed E-state index contributed by atoms with van der Waals surface area (Å²) in [5, 5.41) is 1.34. The summed E-state index contributed by atoms with van der Waals surface area (Å²) in [6.45, 7) is 10.5. The number of nitrogens with zero attached hydrogens (tertiary/aromatic N) is 2. The number of aryl methyl sites for hydroxylation is 2. The minimum Gasteiger partial charge on any atom is -0.354 e. The van der Waals surface area contributed by atoms with Crippen molar-refractivity contribution in [3.63, 3.8) is 0 Å². The highest BCUT2D eigenvalue weighted by Gasteiger charge is 2.26. The fraction of sp³-hybridized carbons (Fsp3) is 0.533. The van der Waals surface area contributed by atoms with Crippen molar-refractivity contribution < 1.29 is 4.79 Å². The van der Waals surface area contributed by atoms with Gasteiger partial charge in [-0.3, -0.25) is 9.78 Å². The number of benzene rings is 1. The number of hydrogen-bond acceptors (Lipinski definition) is 2. The van der Waals surface area contributed by atoms with E-state index in [9.17, 15) is 4.79 Å². The summed E-state index contributed by atoms with van der Waals surface area (Å²) in [6, 6.07) is 11.3. The average molecular weight is 458 g/mol. The number of rotatable bonds is 6. The van der Waals surface area contributed by atoms with Crippen LogP contribution >= 0.6 is 0 Å². The second-order valence-corrected chi connectivity index (χ2v) is 11.0. The maximum absolute atomic E-state index is 12.7. The van der Waals surface area contributed by atoms with Crippen molar-refractivity contribution in [2.75, 3.05) is 13.1 Å². The van der Waals surface area contributed by atoms with Gasteiger partial charge in [-0.25, -0.2) is 0 Å². The second-order valence-electron chi connectivity index (χ2n) is 11.0. The van der Waals surface area contributed by atoms with E-state index in [1.807, 2.05) is 0 Å². The van der Waals surface area contributed by atoms with Crippen LogP contribution in [0.4, 0.5) is 0 Å². The summed E-state index contributed by atoms with van der Waals surface area (Å²) >= 11 is 0. The number of carbonyl (C=O) groups excluding carboxylic acids is 1. The molecule has 0 bridgehead atoms. The molecule has 1 saturated heterocycles. The SMILES string of the molecule is Cc1cc(-c2[nH]c3ccc(C4CCN(C(=O)CCC5CCC5)CC4)cc3c2C(C)C)cc(C)n1. The van der Waals surface area contributed by atoms with Gasteiger partial charge in [-0.1, -0.05) is 39.2 Å². The summed E-state index contributed by atoms with van der Waals surface area (Å²) < 4.78 is 0. The first-order chi connectivity index (χ1) is 16.4. The molecule has 1 aliphatic heterocycles. The van der Waals surface area contributed by atoms with E-state index in [1.54, 1.807) is 0 Å². The molecule has 1 aliphatic carbocycles. The van der Waals surface area contributed by atoms with Gasteiger partial charge < -0.3 is 9.88 Å². The molecule has 2 fully saturated rings. The number of likely N-dealkylation sites (tertiary alicyclic amines) is 1. The van der Waals surface area contributed by atoms with E-state index in [1.165, 1.54) is 52.5 Å². The quantitative estimate of drug-likeness (QED) is 0.423. The van der Waals surface area contributed by atoms with Gasteiger partial charge in [0.2, 0.25) is 5.91 Å². The molecule has 4 heteroatoms.